The maximum Gasteiger partial charge on any atom is 0.283 e. The zero-order valence-corrected chi connectivity index (χ0v) is 15.8. The molecule has 29 heavy (non-hydrogen) atoms. The summed E-state index contributed by atoms with van der Waals surface area (Å²) >= 11 is 0. The number of carbonyl (C=O) groups is 1. The van der Waals surface area contributed by atoms with Crippen LogP contribution in [0.25, 0.3) is 22.7 Å². The number of hydrogen-bond acceptors (Lipinski definition) is 7. The zero-order valence-electron chi connectivity index (χ0n) is 15.8. The maximum atomic E-state index is 13.0. The van der Waals surface area contributed by atoms with Crippen molar-refractivity contribution in [3.63, 3.8) is 0 Å². The SMILES string of the molecule is CCCN(Cc1nnc(-c2ccco2)o1)C(=O)Cn1c(=O)cnc2ccccc21. The molecule has 1 aromatic carbocycles. The molecule has 0 saturated heterocycles. The van der Waals surface area contributed by atoms with Gasteiger partial charge in [0.2, 0.25) is 11.8 Å². The van der Waals surface area contributed by atoms with Crippen LogP contribution in [0.2, 0.25) is 0 Å². The molecule has 0 atom stereocenters. The van der Waals surface area contributed by atoms with E-state index in [1.807, 2.05) is 19.1 Å². The largest absolute Gasteiger partial charge is 0.459 e. The number of para-hydroxylation sites is 2. The highest BCUT2D eigenvalue weighted by Crippen LogP contribution is 2.18. The van der Waals surface area contributed by atoms with Crippen molar-refractivity contribution < 1.29 is 13.6 Å². The first-order valence-electron chi connectivity index (χ1n) is 9.24. The Labute approximate surface area is 165 Å². The number of furan rings is 1. The van der Waals surface area contributed by atoms with Gasteiger partial charge in [0.05, 0.1) is 30.0 Å². The van der Waals surface area contributed by atoms with E-state index in [0.29, 0.717) is 29.2 Å². The summed E-state index contributed by atoms with van der Waals surface area (Å²) in [5.41, 5.74) is 0.941. The average Bonchev–Trinajstić information content (AvgIpc) is 3.41. The molecule has 3 aromatic heterocycles. The minimum atomic E-state index is -0.327. The van der Waals surface area contributed by atoms with E-state index in [4.69, 9.17) is 8.83 Å². The standard InChI is InChI=1S/C20H19N5O4/c1-2-9-24(12-17-22-23-20(29-17)16-8-5-10-28-16)19(27)13-25-15-7-4-3-6-14(15)21-11-18(25)26/h3-8,10-11H,2,9,12-13H2,1H3. The zero-order chi connectivity index (χ0) is 20.2. The molecule has 0 spiro atoms. The lowest BCUT2D eigenvalue weighted by molar-refractivity contribution is -0.132. The molecule has 3 heterocycles. The number of hydrogen-bond donors (Lipinski definition) is 0. The van der Waals surface area contributed by atoms with Gasteiger partial charge in [-0.1, -0.05) is 19.1 Å². The molecule has 0 aliphatic carbocycles. The summed E-state index contributed by atoms with van der Waals surface area (Å²) in [6.07, 6.45) is 3.49. The van der Waals surface area contributed by atoms with Crippen molar-refractivity contribution in [3.05, 3.63) is 65.1 Å². The third kappa shape index (κ3) is 3.93. The lowest BCUT2D eigenvalue weighted by atomic mass is 10.3. The summed E-state index contributed by atoms with van der Waals surface area (Å²) in [5.74, 6) is 0.797. The Morgan fingerprint density at radius 2 is 2.03 bits per heavy atom. The van der Waals surface area contributed by atoms with Crippen molar-refractivity contribution in [2.75, 3.05) is 6.54 Å². The first-order chi connectivity index (χ1) is 14.2. The molecule has 4 rings (SSSR count). The highest BCUT2D eigenvalue weighted by atomic mass is 16.4. The van der Waals surface area contributed by atoms with Crippen LogP contribution >= 0.6 is 0 Å². The predicted molar refractivity (Wildman–Crippen MR) is 104 cm³/mol. The summed E-state index contributed by atoms with van der Waals surface area (Å²) in [7, 11) is 0. The third-order valence-electron chi connectivity index (χ3n) is 4.42. The number of amides is 1. The molecule has 0 saturated carbocycles. The summed E-state index contributed by atoms with van der Waals surface area (Å²) in [5, 5.41) is 7.96. The van der Waals surface area contributed by atoms with E-state index < -0.39 is 0 Å². The fraction of sp³-hybridized carbons (Fsp3) is 0.250. The molecular formula is C20H19N5O4. The number of rotatable bonds is 7. The number of aromatic nitrogens is 4. The Morgan fingerprint density at radius 3 is 2.83 bits per heavy atom. The molecule has 0 aliphatic heterocycles. The van der Waals surface area contributed by atoms with E-state index in [9.17, 15) is 9.59 Å². The van der Waals surface area contributed by atoms with Gasteiger partial charge in [0.15, 0.2) is 5.76 Å². The van der Waals surface area contributed by atoms with E-state index in [-0.39, 0.29) is 30.4 Å². The molecule has 9 nitrogen and oxygen atoms in total. The second kappa shape index (κ2) is 8.09. The molecule has 0 unspecified atom stereocenters. The van der Waals surface area contributed by atoms with Crippen molar-refractivity contribution in [2.24, 2.45) is 0 Å². The number of benzene rings is 1. The summed E-state index contributed by atoms with van der Waals surface area (Å²) in [4.78, 5) is 31.0. The van der Waals surface area contributed by atoms with Gasteiger partial charge in [-0.15, -0.1) is 10.2 Å². The van der Waals surface area contributed by atoms with Crippen LogP contribution in [-0.2, 0) is 17.9 Å². The van der Waals surface area contributed by atoms with Crippen molar-refractivity contribution in [1.82, 2.24) is 24.6 Å². The number of fused-ring (bicyclic) bond motifs is 1. The van der Waals surface area contributed by atoms with Crippen molar-refractivity contribution in [1.29, 1.82) is 0 Å². The highest BCUT2D eigenvalue weighted by molar-refractivity contribution is 5.80. The van der Waals surface area contributed by atoms with E-state index >= 15 is 0 Å². The van der Waals surface area contributed by atoms with E-state index in [1.165, 1.54) is 17.0 Å². The molecule has 1 amide bonds. The first kappa shape index (κ1) is 18.6. The fourth-order valence-corrected chi connectivity index (χ4v) is 3.06. The smallest absolute Gasteiger partial charge is 0.283 e. The molecule has 4 aromatic rings. The van der Waals surface area contributed by atoms with Gasteiger partial charge in [-0.25, -0.2) is 4.98 Å². The fourth-order valence-electron chi connectivity index (χ4n) is 3.06. The van der Waals surface area contributed by atoms with Gasteiger partial charge in [0, 0.05) is 6.54 Å². The van der Waals surface area contributed by atoms with Crippen LogP contribution < -0.4 is 5.56 Å². The molecule has 9 heteroatoms. The maximum absolute atomic E-state index is 13.0. The molecule has 0 fully saturated rings. The average molecular weight is 393 g/mol. The van der Waals surface area contributed by atoms with Crippen molar-refractivity contribution >= 4 is 16.9 Å². The van der Waals surface area contributed by atoms with Crippen LogP contribution in [0.15, 0.2) is 62.5 Å². The van der Waals surface area contributed by atoms with E-state index in [0.717, 1.165) is 6.42 Å². The number of nitrogens with zero attached hydrogens (tertiary/aromatic N) is 5. The van der Waals surface area contributed by atoms with Crippen LogP contribution in [0.4, 0.5) is 0 Å². The quantitative estimate of drug-likeness (QED) is 0.475. The Morgan fingerprint density at radius 1 is 1.17 bits per heavy atom. The molecule has 0 aliphatic rings. The van der Waals surface area contributed by atoms with Gasteiger partial charge >= 0.3 is 0 Å². The normalized spacial score (nSPS) is 11.1. The van der Waals surface area contributed by atoms with Crippen molar-refractivity contribution in [2.45, 2.75) is 26.4 Å². The van der Waals surface area contributed by atoms with Gasteiger partial charge in [0.1, 0.15) is 6.54 Å². The summed E-state index contributed by atoms with van der Waals surface area (Å²) < 4.78 is 12.3. The van der Waals surface area contributed by atoms with Gasteiger partial charge < -0.3 is 13.7 Å². The molecule has 0 N–H and O–H groups in total. The first-order valence-corrected chi connectivity index (χ1v) is 9.24. The molecule has 0 bridgehead atoms. The van der Waals surface area contributed by atoms with Crippen molar-refractivity contribution in [3.8, 4) is 11.7 Å². The highest BCUT2D eigenvalue weighted by Gasteiger charge is 2.19. The Kier molecular flexibility index (Phi) is 5.19. The Bertz CT molecular complexity index is 1180. The predicted octanol–water partition coefficient (Wildman–Crippen LogP) is 2.48. The number of carbonyl (C=O) groups excluding carboxylic acids is 1. The monoisotopic (exact) mass is 393 g/mol. The second-order valence-electron chi connectivity index (χ2n) is 6.46. The van der Waals surface area contributed by atoms with Gasteiger partial charge in [-0.3, -0.25) is 14.2 Å². The minimum absolute atomic E-state index is 0.0962. The van der Waals surface area contributed by atoms with E-state index in [1.54, 1.807) is 29.2 Å². The molecular weight excluding hydrogens is 374 g/mol. The van der Waals surface area contributed by atoms with Gasteiger partial charge in [-0.2, -0.15) is 0 Å². The van der Waals surface area contributed by atoms with Crippen LogP contribution in [0.3, 0.4) is 0 Å². The third-order valence-corrected chi connectivity index (χ3v) is 4.42. The Balaban J connectivity index is 1.56. The summed E-state index contributed by atoms with van der Waals surface area (Å²) in [6.45, 7) is 2.52. The topological polar surface area (TPSA) is 107 Å². The molecule has 148 valence electrons. The minimum Gasteiger partial charge on any atom is -0.459 e. The van der Waals surface area contributed by atoms with Crippen LogP contribution in [0.1, 0.15) is 19.2 Å². The lowest BCUT2D eigenvalue weighted by Crippen LogP contribution is -2.37. The van der Waals surface area contributed by atoms with Crippen LogP contribution in [0.5, 0.6) is 0 Å². The van der Waals surface area contributed by atoms with E-state index in [2.05, 4.69) is 15.2 Å². The Hall–Kier alpha value is -3.75. The van der Waals surface area contributed by atoms with Crippen LogP contribution in [0, 0.1) is 0 Å². The second-order valence-corrected chi connectivity index (χ2v) is 6.46. The lowest BCUT2D eigenvalue weighted by Gasteiger charge is -2.21. The molecule has 0 radical (unpaired) electrons. The van der Waals surface area contributed by atoms with Gasteiger partial charge in [-0.05, 0) is 30.7 Å². The van der Waals surface area contributed by atoms with Crippen LogP contribution in [-0.4, -0.2) is 37.1 Å². The van der Waals surface area contributed by atoms with Gasteiger partial charge in [0.25, 0.3) is 11.4 Å². The summed E-state index contributed by atoms with van der Waals surface area (Å²) in [6, 6.07) is 10.7.